The van der Waals surface area contributed by atoms with Crippen molar-refractivity contribution < 1.29 is 20.2 Å². The number of benzene rings is 1. The second kappa shape index (κ2) is 5.81. The number of aliphatic hydroxyl groups excluding tert-OH is 2. The van der Waals surface area contributed by atoms with Gasteiger partial charge in [-0.25, -0.2) is 0 Å². The van der Waals surface area contributed by atoms with Crippen LogP contribution in [0.2, 0.25) is 0 Å². The molecule has 3 N–H and O–H groups in total. The number of alkyl halides is 1. The second-order valence-corrected chi connectivity index (χ2v) is 3.84. The van der Waals surface area contributed by atoms with Crippen LogP contribution in [0.1, 0.15) is 18.1 Å². The van der Waals surface area contributed by atoms with Crippen LogP contribution in [0.3, 0.4) is 0 Å². The zero-order valence-corrected chi connectivity index (χ0v) is 9.54. The number of halogens is 1. The molecule has 6 nitrogen and oxygen atoms in total. The first-order valence-electron chi connectivity index (χ1n) is 4.87. The zero-order chi connectivity index (χ0) is 13.0. The Kier molecular flexibility index (Phi) is 4.68. The molecule has 0 saturated carbocycles. The first-order chi connectivity index (χ1) is 7.99. The van der Waals surface area contributed by atoms with Crippen LogP contribution in [0.15, 0.2) is 18.2 Å². The average molecular weight is 262 g/mol. The lowest BCUT2D eigenvalue weighted by atomic mass is 10.0. The molecule has 0 aliphatic heterocycles. The zero-order valence-electron chi connectivity index (χ0n) is 8.78. The van der Waals surface area contributed by atoms with Gasteiger partial charge in [-0.2, -0.15) is 0 Å². The van der Waals surface area contributed by atoms with Gasteiger partial charge in [0.05, 0.1) is 11.0 Å². The number of phenolic OH excluding ortho intramolecular Hbond substituents is 1. The van der Waals surface area contributed by atoms with Crippen molar-refractivity contribution in [1.82, 2.24) is 0 Å². The molecule has 2 unspecified atom stereocenters. The van der Waals surface area contributed by atoms with Crippen molar-refractivity contribution in [3.63, 3.8) is 0 Å². The molecule has 0 fully saturated rings. The number of aromatic hydroxyl groups is 1. The van der Waals surface area contributed by atoms with Crippen molar-refractivity contribution in [2.45, 2.75) is 18.6 Å². The first-order valence-corrected chi connectivity index (χ1v) is 5.40. The quantitative estimate of drug-likeness (QED) is 0.421. The monoisotopic (exact) mass is 261 g/mol. The standard InChI is InChI=1S/C10H12ClNO5/c11-5-4-8(13)10(15)6-2-1-3-7(9(6)14)12(16)17/h1-3,8,10,13-15H,4-5H2. The molecular formula is C10H12ClNO5. The van der Waals surface area contributed by atoms with E-state index in [1.807, 2.05) is 0 Å². The van der Waals surface area contributed by atoms with E-state index in [9.17, 15) is 25.4 Å². The van der Waals surface area contributed by atoms with E-state index in [1.54, 1.807) is 0 Å². The molecule has 1 aromatic rings. The fraction of sp³-hybridized carbons (Fsp3) is 0.400. The molecule has 0 aliphatic rings. The summed E-state index contributed by atoms with van der Waals surface area (Å²) in [6.45, 7) is 0. The van der Waals surface area contributed by atoms with Crippen LogP contribution in [-0.2, 0) is 0 Å². The summed E-state index contributed by atoms with van der Waals surface area (Å²) in [5, 5.41) is 39.4. The van der Waals surface area contributed by atoms with E-state index in [2.05, 4.69) is 0 Å². The van der Waals surface area contributed by atoms with Gasteiger partial charge in [0.25, 0.3) is 0 Å². The predicted molar refractivity (Wildman–Crippen MR) is 61.1 cm³/mol. The molecule has 0 heterocycles. The summed E-state index contributed by atoms with van der Waals surface area (Å²) < 4.78 is 0. The van der Waals surface area contributed by atoms with Crippen LogP contribution in [-0.4, -0.2) is 32.2 Å². The molecule has 0 aromatic heterocycles. The number of hydrogen-bond donors (Lipinski definition) is 3. The number of rotatable bonds is 5. The summed E-state index contributed by atoms with van der Waals surface area (Å²) in [4.78, 5) is 9.81. The Balaban J connectivity index is 3.06. The van der Waals surface area contributed by atoms with Gasteiger partial charge in [0, 0.05) is 17.5 Å². The third-order valence-corrected chi connectivity index (χ3v) is 2.55. The lowest BCUT2D eigenvalue weighted by Gasteiger charge is -2.17. The third-order valence-electron chi connectivity index (χ3n) is 2.33. The Morgan fingerprint density at radius 2 is 2.06 bits per heavy atom. The van der Waals surface area contributed by atoms with E-state index >= 15 is 0 Å². The van der Waals surface area contributed by atoms with Crippen molar-refractivity contribution in [3.8, 4) is 5.75 Å². The maximum Gasteiger partial charge on any atom is 0.311 e. The highest BCUT2D eigenvalue weighted by Gasteiger charge is 2.25. The fourth-order valence-corrected chi connectivity index (χ4v) is 1.64. The van der Waals surface area contributed by atoms with E-state index in [4.69, 9.17) is 11.6 Å². The van der Waals surface area contributed by atoms with Gasteiger partial charge in [-0.1, -0.05) is 12.1 Å². The van der Waals surface area contributed by atoms with E-state index in [1.165, 1.54) is 12.1 Å². The largest absolute Gasteiger partial charge is 0.502 e. The van der Waals surface area contributed by atoms with E-state index < -0.39 is 28.6 Å². The molecule has 7 heteroatoms. The maximum atomic E-state index is 10.6. The van der Waals surface area contributed by atoms with Crippen LogP contribution < -0.4 is 0 Å². The average Bonchev–Trinajstić information content (AvgIpc) is 2.28. The number of nitrogens with zero attached hydrogens (tertiary/aromatic N) is 1. The third kappa shape index (κ3) is 3.06. The van der Waals surface area contributed by atoms with E-state index in [-0.39, 0.29) is 17.9 Å². The molecule has 1 rings (SSSR count). The minimum atomic E-state index is -1.41. The smallest absolute Gasteiger partial charge is 0.311 e. The minimum Gasteiger partial charge on any atom is -0.502 e. The van der Waals surface area contributed by atoms with Gasteiger partial charge < -0.3 is 15.3 Å². The van der Waals surface area contributed by atoms with Gasteiger partial charge in [0.2, 0.25) is 0 Å². The number of hydrogen-bond acceptors (Lipinski definition) is 5. The molecule has 0 amide bonds. The Morgan fingerprint density at radius 1 is 1.41 bits per heavy atom. The van der Waals surface area contributed by atoms with Crippen molar-refractivity contribution in [3.05, 3.63) is 33.9 Å². The summed E-state index contributed by atoms with van der Waals surface area (Å²) in [5.74, 6) is -0.507. The number of aliphatic hydroxyl groups is 2. The van der Waals surface area contributed by atoms with Crippen LogP contribution in [0.5, 0.6) is 5.75 Å². The van der Waals surface area contributed by atoms with Crippen LogP contribution in [0.4, 0.5) is 5.69 Å². The topological polar surface area (TPSA) is 104 Å². The number of phenols is 1. The lowest BCUT2D eigenvalue weighted by Crippen LogP contribution is -2.18. The van der Waals surface area contributed by atoms with Gasteiger partial charge >= 0.3 is 5.69 Å². The minimum absolute atomic E-state index is 0.0863. The van der Waals surface area contributed by atoms with Crippen LogP contribution in [0.25, 0.3) is 0 Å². The van der Waals surface area contributed by atoms with Crippen molar-refractivity contribution in [2.24, 2.45) is 0 Å². The van der Waals surface area contributed by atoms with Crippen LogP contribution >= 0.6 is 11.6 Å². The molecular weight excluding hydrogens is 250 g/mol. The Bertz CT molecular complexity index is 412. The Morgan fingerprint density at radius 3 is 2.59 bits per heavy atom. The Hall–Kier alpha value is -1.37. The van der Waals surface area contributed by atoms with Crippen molar-refractivity contribution >= 4 is 17.3 Å². The molecule has 17 heavy (non-hydrogen) atoms. The highest BCUT2D eigenvalue weighted by Crippen LogP contribution is 2.34. The van der Waals surface area contributed by atoms with E-state index in [0.29, 0.717) is 0 Å². The van der Waals surface area contributed by atoms with Gasteiger partial charge in [0.1, 0.15) is 6.10 Å². The summed E-state index contributed by atoms with van der Waals surface area (Å²) >= 11 is 5.41. The summed E-state index contributed by atoms with van der Waals surface area (Å²) in [6.07, 6.45) is -2.47. The molecule has 0 spiro atoms. The molecule has 94 valence electrons. The highest BCUT2D eigenvalue weighted by molar-refractivity contribution is 6.17. The molecule has 0 aliphatic carbocycles. The van der Waals surface area contributed by atoms with Gasteiger partial charge in [-0.15, -0.1) is 11.6 Å². The number of para-hydroxylation sites is 1. The predicted octanol–water partition coefficient (Wildman–Crippen LogP) is 1.32. The maximum absolute atomic E-state index is 10.6. The fourth-order valence-electron chi connectivity index (χ4n) is 1.41. The first kappa shape index (κ1) is 13.7. The molecule has 0 radical (unpaired) electrons. The van der Waals surface area contributed by atoms with Gasteiger partial charge in [-0.05, 0) is 6.42 Å². The summed E-state index contributed by atoms with van der Waals surface area (Å²) in [7, 11) is 0. The summed E-state index contributed by atoms with van der Waals surface area (Å²) in [5.41, 5.74) is -0.601. The van der Waals surface area contributed by atoms with Crippen molar-refractivity contribution in [1.29, 1.82) is 0 Å². The van der Waals surface area contributed by atoms with Crippen LogP contribution in [0, 0.1) is 10.1 Å². The Labute approximate surface area is 102 Å². The molecule has 2 atom stereocenters. The van der Waals surface area contributed by atoms with Gasteiger partial charge in [0.15, 0.2) is 5.75 Å². The normalized spacial score (nSPS) is 14.3. The molecule has 1 aromatic carbocycles. The lowest BCUT2D eigenvalue weighted by molar-refractivity contribution is -0.386. The number of nitro benzene ring substituents is 1. The van der Waals surface area contributed by atoms with E-state index in [0.717, 1.165) is 6.07 Å². The molecule has 0 bridgehead atoms. The highest BCUT2D eigenvalue weighted by atomic mass is 35.5. The number of nitro groups is 1. The molecule has 0 saturated heterocycles. The summed E-state index contributed by atoms with van der Waals surface area (Å²) in [6, 6.07) is 3.74. The second-order valence-electron chi connectivity index (χ2n) is 3.46. The SMILES string of the molecule is O=[N+]([O-])c1cccc(C(O)C(O)CCCl)c1O. The van der Waals surface area contributed by atoms with Gasteiger partial charge in [-0.3, -0.25) is 10.1 Å². The van der Waals surface area contributed by atoms with Crippen molar-refractivity contribution in [2.75, 3.05) is 5.88 Å².